The SMILES string of the molecule is CC(C)COc1cc(F)cc(S(=O)(=O)c2ccc(CCC(=O)c3cnc4nccn4c3)cc2)c1. The summed E-state index contributed by atoms with van der Waals surface area (Å²) in [6, 6.07) is 9.73. The minimum Gasteiger partial charge on any atom is -0.493 e. The number of rotatable bonds is 9. The van der Waals surface area contributed by atoms with Crippen molar-refractivity contribution in [3.05, 3.63) is 84.2 Å². The summed E-state index contributed by atoms with van der Waals surface area (Å²) >= 11 is 0. The third-order valence-corrected chi connectivity index (χ3v) is 6.93. The van der Waals surface area contributed by atoms with Gasteiger partial charge >= 0.3 is 0 Å². The number of fused-ring (bicyclic) bond motifs is 1. The topological polar surface area (TPSA) is 90.6 Å². The summed E-state index contributed by atoms with van der Waals surface area (Å²) in [6.45, 7) is 4.24. The van der Waals surface area contributed by atoms with Crippen LogP contribution in [0, 0.1) is 11.7 Å². The van der Waals surface area contributed by atoms with Crippen molar-refractivity contribution in [1.29, 1.82) is 0 Å². The highest BCUT2D eigenvalue weighted by Crippen LogP contribution is 2.26. The maximum atomic E-state index is 14.1. The zero-order chi connectivity index (χ0) is 24.3. The highest BCUT2D eigenvalue weighted by atomic mass is 32.2. The monoisotopic (exact) mass is 481 g/mol. The molecule has 34 heavy (non-hydrogen) atoms. The molecular formula is C25H24FN3O4S. The number of benzene rings is 2. The van der Waals surface area contributed by atoms with E-state index in [9.17, 15) is 17.6 Å². The van der Waals surface area contributed by atoms with Crippen LogP contribution in [0.3, 0.4) is 0 Å². The summed E-state index contributed by atoms with van der Waals surface area (Å²) in [5.74, 6) is 0.149. The van der Waals surface area contributed by atoms with Crippen LogP contribution < -0.4 is 4.74 Å². The first-order valence-corrected chi connectivity index (χ1v) is 12.3. The molecule has 0 fully saturated rings. The van der Waals surface area contributed by atoms with Crippen LogP contribution in [0.5, 0.6) is 5.75 Å². The van der Waals surface area contributed by atoms with E-state index >= 15 is 0 Å². The number of ether oxygens (including phenoxy) is 1. The van der Waals surface area contributed by atoms with Gasteiger partial charge in [0.1, 0.15) is 11.6 Å². The lowest BCUT2D eigenvalue weighted by Crippen LogP contribution is -2.07. The molecule has 2 aromatic heterocycles. The average molecular weight is 482 g/mol. The van der Waals surface area contributed by atoms with E-state index in [0.29, 0.717) is 24.4 Å². The second-order valence-electron chi connectivity index (χ2n) is 8.38. The van der Waals surface area contributed by atoms with Gasteiger partial charge in [-0.3, -0.25) is 9.20 Å². The summed E-state index contributed by atoms with van der Waals surface area (Å²) in [5.41, 5.74) is 1.29. The lowest BCUT2D eigenvalue weighted by atomic mass is 10.0. The quantitative estimate of drug-likeness (QED) is 0.326. The number of aromatic nitrogens is 3. The van der Waals surface area contributed by atoms with Crippen molar-refractivity contribution in [2.24, 2.45) is 5.92 Å². The van der Waals surface area contributed by atoms with Gasteiger partial charge in [-0.25, -0.2) is 22.8 Å². The molecule has 0 aliphatic carbocycles. The molecule has 0 aliphatic heterocycles. The maximum absolute atomic E-state index is 14.1. The number of ketones is 1. The van der Waals surface area contributed by atoms with Crippen molar-refractivity contribution >= 4 is 21.4 Å². The summed E-state index contributed by atoms with van der Waals surface area (Å²) in [6.07, 6.45) is 7.19. The van der Waals surface area contributed by atoms with Crippen molar-refractivity contribution in [1.82, 2.24) is 14.4 Å². The van der Waals surface area contributed by atoms with Crippen LogP contribution in [0.2, 0.25) is 0 Å². The van der Waals surface area contributed by atoms with Crippen LogP contribution >= 0.6 is 0 Å². The van der Waals surface area contributed by atoms with Crippen LogP contribution in [-0.4, -0.2) is 35.2 Å². The van der Waals surface area contributed by atoms with Gasteiger partial charge in [-0.05, 0) is 42.2 Å². The smallest absolute Gasteiger partial charge is 0.233 e. The molecule has 0 aliphatic rings. The normalized spacial score (nSPS) is 11.8. The van der Waals surface area contributed by atoms with Crippen molar-refractivity contribution in [2.75, 3.05) is 6.61 Å². The maximum Gasteiger partial charge on any atom is 0.233 e. The van der Waals surface area contributed by atoms with Gasteiger partial charge in [-0.15, -0.1) is 0 Å². The Balaban J connectivity index is 1.45. The molecule has 2 heterocycles. The molecule has 0 saturated heterocycles. The molecule has 7 nitrogen and oxygen atoms in total. The Morgan fingerprint density at radius 2 is 1.85 bits per heavy atom. The molecule has 9 heteroatoms. The van der Waals surface area contributed by atoms with E-state index < -0.39 is 15.7 Å². The Morgan fingerprint density at radius 1 is 1.09 bits per heavy atom. The number of sulfone groups is 1. The van der Waals surface area contributed by atoms with Gasteiger partial charge in [-0.2, -0.15) is 0 Å². The van der Waals surface area contributed by atoms with E-state index in [1.54, 1.807) is 35.1 Å². The van der Waals surface area contributed by atoms with Crippen LogP contribution in [0.25, 0.3) is 5.78 Å². The molecule has 4 rings (SSSR count). The van der Waals surface area contributed by atoms with Gasteiger partial charge in [0.15, 0.2) is 5.78 Å². The standard InChI is InChI=1S/C25H24FN3O4S/c1-17(2)16-33-21-11-20(26)12-23(13-21)34(31,32)22-6-3-18(4-7-22)5-8-24(30)19-14-28-25-27-9-10-29(25)15-19/h3-4,6-7,9-15,17H,5,8,16H2,1-2H3. The minimum absolute atomic E-state index is 0.0396. The average Bonchev–Trinajstić information content (AvgIpc) is 3.29. The molecule has 0 unspecified atom stereocenters. The van der Waals surface area contributed by atoms with Crippen LogP contribution in [0.15, 0.2) is 77.0 Å². The molecule has 0 N–H and O–H groups in total. The number of halogens is 1. The Kier molecular flexibility index (Phi) is 6.74. The largest absolute Gasteiger partial charge is 0.493 e. The van der Waals surface area contributed by atoms with Crippen LogP contribution in [-0.2, 0) is 16.3 Å². The minimum atomic E-state index is -3.93. The fourth-order valence-electron chi connectivity index (χ4n) is 3.37. The third kappa shape index (κ3) is 5.31. The van der Waals surface area contributed by atoms with Crippen molar-refractivity contribution < 1.29 is 22.3 Å². The summed E-state index contributed by atoms with van der Waals surface area (Å²) < 4.78 is 47.3. The number of hydrogen-bond donors (Lipinski definition) is 0. The van der Waals surface area contributed by atoms with Crippen LogP contribution in [0.4, 0.5) is 4.39 Å². The number of carbonyl (C=O) groups excluding carboxylic acids is 1. The highest BCUT2D eigenvalue weighted by Gasteiger charge is 2.20. The first kappa shape index (κ1) is 23.6. The number of aryl methyl sites for hydroxylation is 1. The fraction of sp³-hybridized carbons (Fsp3) is 0.240. The fourth-order valence-corrected chi connectivity index (χ4v) is 4.68. The van der Waals surface area contributed by atoms with E-state index in [1.165, 1.54) is 30.5 Å². The van der Waals surface area contributed by atoms with Crippen molar-refractivity contribution in [3.8, 4) is 5.75 Å². The third-order valence-electron chi connectivity index (χ3n) is 5.18. The number of carbonyl (C=O) groups is 1. The number of hydrogen-bond acceptors (Lipinski definition) is 6. The van der Waals surface area contributed by atoms with E-state index in [2.05, 4.69) is 9.97 Å². The van der Waals surface area contributed by atoms with Crippen molar-refractivity contribution in [2.45, 2.75) is 36.5 Å². The Morgan fingerprint density at radius 3 is 2.59 bits per heavy atom. The predicted octanol–water partition coefficient (Wildman–Crippen LogP) is 4.55. The summed E-state index contributed by atoms with van der Waals surface area (Å²) in [7, 11) is -3.93. The van der Waals surface area contributed by atoms with E-state index in [-0.39, 0.29) is 33.7 Å². The van der Waals surface area contributed by atoms with E-state index in [0.717, 1.165) is 11.6 Å². The Hall–Kier alpha value is -3.59. The molecule has 176 valence electrons. The molecule has 0 radical (unpaired) electrons. The molecule has 0 spiro atoms. The zero-order valence-electron chi connectivity index (χ0n) is 18.8. The Bertz CT molecular complexity index is 1430. The van der Waals surface area contributed by atoms with Gasteiger partial charge in [0, 0.05) is 37.3 Å². The van der Waals surface area contributed by atoms with Gasteiger partial charge in [0.2, 0.25) is 15.6 Å². The second-order valence-corrected chi connectivity index (χ2v) is 10.3. The first-order chi connectivity index (χ1) is 16.2. The van der Waals surface area contributed by atoms with Gasteiger partial charge in [0.05, 0.1) is 22.0 Å². The van der Waals surface area contributed by atoms with Gasteiger partial charge in [-0.1, -0.05) is 26.0 Å². The molecule has 0 bridgehead atoms. The predicted molar refractivity (Wildman–Crippen MR) is 124 cm³/mol. The summed E-state index contributed by atoms with van der Waals surface area (Å²) in [5, 5.41) is 0. The van der Waals surface area contributed by atoms with E-state index in [1.807, 2.05) is 13.8 Å². The number of imidazole rings is 1. The lowest BCUT2D eigenvalue weighted by molar-refractivity contribution is 0.0982. The molecular weight excluding hydrogens is 457 g/mol. The zero-order valence-corrected chi connectivity index (χ0v) is 19.6. The second kappa shape index (κ2) is 9.72. The summed E-state index contributed by atoms with van der Waals surface area (Å²) in [4.78, 5) is 20.6. The lowest BCUT2D eigenvalue weighted by Gasteiger charge is -2.11. The number of nitrogens with zero attached hydrogens (tertiary/aromatic N) is 3. The molecule has 0 saturated carbocycles. The molecule has 0 amide bonds. The molecule has 2 aromatic carbocycles. The first-order valence-electron chi connectivity index (χ1n) is 10.8. The molecule has 0 atom stereocenters. The van der Waals surface area contributed by atoms with Gasteiger partial charge < -0.3 is 4.74 Å². The van der Waals surface area contributed by atoms with Crippen molar-refractivity contribution in [3.63, 3.8) is 0 Å². The number of Topliss-reactive ketones (excluding diaryl/α,β-unsaturated/α-hetero) is 1. The Labute approximate surface area is 197 Å². The van der Waals surface area contributed by atoms with Crippen LogP contribution in [0.1, 0.15) is 36.2 Å². The van der Waals surface area contributed by atoms with Gasteiger partial charge in [0.25, 0.3) is 0 Å². The highest BCUT2D eigenvalue weighted by molar-refractivity contribution is 7.91. The van der Waals surface area contributed by atoms with E-state index in [4.69, 9.17) is 4.74 Å². The molecule has 4 aromatic rings.